The van der Waals surface area contributed by atoms with Gasteiger partial charge in [-0.3, -0.25) is 0 Å². The Morgan fingerprint density at radius 1 is 0.765 bits per heavy atom. The fourth-order valence-electron chi connectivity index (χ4n) is 1.84. The van der Waals surface area contributed by atoms with Crippen LogP contribution >= 0.6 is 12.2 Å². The van der Waals surface area contributed by atoms with Crippen molar-refractivity contribution in [2.75, 3.05) is 6.61 Å². The fourth-order valence-corrected chi connectivity index (χ4v) is 2.06. The standard InChI is InChI=1S/C15H30OS/c1-3-5-7-9-10-12-14-16-15(17)13-11-8-6-4-2/h3-14H2,1-2H3. The van der Waals surface area contributed by atoms with Crippen molar-refractivity contribution in [2.45, 2.75) is 84.5 Å². The third kappa shape index (κ3) is 13.8. The monoisotopic (exact) mass is 258 g/mol. The second-order valence-electron chi connectivity index (χ2n) is 4.80. The summed E-state index contributed by atoms with van der Waals surface area (Å²) in [5, 5.41) is 0.828. The van der Waals surface area contributed by atoms with Gasteiger partial charge in [-0.2, -0.15) is 0 Å². The van der Waals surface area contributed by atoms with Crippen molar-refractivity contribution in [1.29, 1.82) is 0 Å². The molecule has 17 heavy (non-hydrogen) atoms. The minimum Gasteiger partial charge on any atom is -0.487 e. The van der Waals surface area contributed by atoms with Gasteiger partial charge in [0.1, 0.15) is 0 Å². The van der Waals surface area contributed by atoms with Gasteiger partial charge in [-0.05, 0) is 25.1 Å². The van der Waals surface area contributed by atoms with Gasteiger partial charge in [0.15, 0.2) is 5.05 Å². The summed E-state index contributed by atoms with van der Waals surface area (Å²) in [5.74, 6) is 0. The van der Waals surface area contributed by atoms with Crippen LogP contribution in [0.3, 0.4) is 0 Å². The second kappa shape index (κ2) is 14.0. The van der Waals surface area contributed by atoms with E-state index in [1.165, 1.54) is 64.2 Å². The molecule has 2 heteroatoms. The van der Waals surface area contributed by atoms with Crippen molar-refractivity contribution >= 4 is 17.3 Å². The lowest BCUT2D eigenvalue weighted by atomic mass is 10.1. The van der Waals surface area contributed by atoms with E-state index < -0.39 is 0 Å². The SMILES string of the molecule is CCCCCCCCOC(=S)CCCCCC. The molecule has 0 fully saturated rings. The summed E-state index contributed by atoms with van der Waals surface area (Å²) in [6, 6.07) is 0. The smallest absolute Gasteiger partial charge is 0.159 e. The highest BCUT2D eigenvalue weighted by molar-refractivity contribution is 7.80. The zero-order valence-electron chi connectivity index (χ0n) is 11.8. The van der Waals surface area contributed by atoms with E-state index in [2.05, 4.69) is 13.8 Å². The molecule has 0 bridgehead atoms. The van der Waals surface area contributed by atoms with Crippen LogP contribution < -0.4 is 0 Å². The van der Waals surface area contributed by atoms with E-state index in [4.69, 9.17) is 17.0 Å². The van der Waals surface area contributed by atoms with Gasteiger partial charge < -0.3 is 4.74 Å². The summed E-state index contributed by atoms with van der Waals surface area (Å²) in [5.41, 5.74) is 0. The second-order valence-corrected chi connectivity index (χ2v) is 5.25. The number of unbranched alkanes of at least 4 members (excludes halogenated alkanes) is 8. The minimum absolute atomic E-state index is 0.828. The van der Waals surface area contributed by atoms with Crippen molar-refractivity contribution < 1.29 is 4.74 Å². The van der Waals surface area contributed by atoms with Crippen molar-refractivity contribution in [3.8, 4) is 0 Å². The molecule has 0 heterocycles. The molecule has 0 spiro atoms. The summed E-state index contributed by atoms with van der Waals surface area (Å²) in [7, 11) is 0. The molecule has 102 valence electrons. The van der Waals surface area contributed by atoms with Gasteiger partial charge in [0.05, 0.1) is 6.61 Å². The van der Waals surface area contributed by atoms with Crippen LogP contribution in [0.1, 0.15) is 84.5 Å². The first-order valence-corrected chi connectivity index (χ1v) is 7.87. The summed E-state index contributed by atoms with van der Waals surface area (Å²) in [6.07, 6.45) is 13.9. The molecule has 0 aliphatic heterocycles. The van der Waals surface area contributed by atoms with Crippen molar-refractivity contribution in [3.05, 3.63) is 0 Å². The summed E-state index contributed by atoms with van der Waals surface area (Å²) < 4.78 is 5.56. The van der Waals surface area contributed by atoms with E-state index in [0.29, 0.717) is 0 Å². The molecule has 0 aromatic heterocycles. The summed E-state index contributed by atoms with van der Waals surface area (Å²) in [6.45, 7) is 5.31. The molecule has 0 aliphatic rings. The molecule has 0 aliphatic carbocycles. The third-order valence-corrected chi connectivity index (χ3v) is 3.32. The Morgan fingerprint density at radius 3 is 1.94 bits per heavy atom. The number of hydrogen-bond donors (Lipinski definition) is 0. The van der Waals surface area contributed by atoms with Crippen LogP contribution in [0.15, 0.2) is 0 Å². The van der Waals surface area contributed by atoms with Gasteiger partial charge in [0.2, 0.25) is 0 Å². The Bertz CT molecular complexity index is 168. The van der Waals surface area contributed by atoms with Gasteiger partial charge in [-0.25, -0.2) is 0 Å². The Morgan fingerprint density at radius 2 is 1.29 bits per heavy atom. The zero-order valence-corrected chi connectivity index (χ0v) is 12.6. The average molecular weight is 258 g/mol. The molecule has 0 unspecified atom stereocenters. The van der Waals surface area contributed by atoms with Gasteiger partial charge in [0, 0.05) is 6.42 Å². The van der Waals surface area contributed by atoms with Gasteiger partial charge >= 0.3 is 0 Å². The lowest BCUT2D eigenvalue weighted by Gasteiger charge is -2.07. The van der Waals surface area contributed by atoms with Crippen LogP contribution in [0.25, 0.3) is 0 Å². The van der Waals surface area contributed by atoms with E-state index >= 15 is 0 Å². The number of ether oxygens (including phenoxy) is 1. The van der Waals surface area contributed by atoms with Crippen LogP contribution in [-0.2, 0) is 4.74 Å². The van der Waals surface area contributed by atoms with Crippen molar-refractivity contribution in [2.24, 2.45) is 0 Å². The lowest BCUT2D eigenvalue weighted by Crippen LogP contribution is -2.03. The summed E-state index contributed by atoms with van der Waals surface area (Å²) >= 11 is 5.20. The fraction of sp³-hybridized carbons (Fsp3) is 0.933. The molecule has 0 saturated carbocycles. The van der Waals surface area contributed by atoms with Gasteiger partial charge in [-0.15, -0.1) is 0 Å². The highest BCUT2D eigenvalue weighted by Gasteiger charge is 1.98. The molecule has 0 radical (unpaired) electrons. The average Bonchev–Trinajstić information content (AvgIpc) is 2.33. The number of hydrogen-bond acceptors (Lipinski definition) is 2. The predicted molar refractivity (Wildman–Crippen MR) is 80.7 cm³/mol. The zero-order chi connectivity index (χ0) is 12.8. The van der Waals surface area contributed by atoms with Crippen molar-refractivity contribution in [3.63, 3.8) is 0 Å². The first kappa shape index (κ1) is 16.9. The quantitative estimate of drug-likeness (QED) is 0.330. The largest absolute Gasteiger partial charge is 0.487 e. The molecule has 0 aromatic rings. The normalized spacial score (nSPS) is 10.5. The molecule has 0 atom stereocenters. The Labute approximate surface area is 113 Å². The maximum Gasteiger partial charge on any atom is 0.159 e. The maximum atomic E-state index is 5.56. The number of rotatable bonds is 12. The molecule has 0 rings (SSSR count). The topological polar surface area (TPSA) is 9.23 Å². The van der Waals surface area contributed by atoms with Crippen LogP contribution in [0.5, 0.6) is 0 Å². The van der Waals surface area contributed by atoms with Crippen LogP contribution in [-0.4, -0.2) is 11.7 Å². The summed E-state index contributed by atoms with van der Waals surface area (Å²) in [4.78, 5) is 0. The number of thiocarbonyl (C=S) groups is 1. The third-order valence-electron chi connectivity index (χ3n) is 3.00. The molecule has 1 nitrogen and oxygen atoms in total. The lowest BCUT2D eigenvalue weighted by molar-refractivity contribution is 0.291. The van der Waals surface area contributed by atoms with E-state index in [9.17, 15) is 0 Å². The predicted octanol–water partition coefficient (Wildman–Crippen LogP) is 5.66. The van der Waals surface area contributed by atoms with E-state index in [-0.39, 0.29) is 0 Å². The van der Waals surface area contributed by atoms with Gasteiger partial charge in [0.25, 0.3) is 0 Å². The molecule has 0 N–H and O–H groups in total. The molecule has 0 saturated heterocycles. The van der Waals surface area contributed by atoms with Crippen molar-refractivity contribution in [1.82, 2.24) is 0 Å². The van der Waals surface area contributed by atoms with Crippen LogP contribution in [0.4, 0.5) is 0 Å². The Balaban J connectivity index is 3.11. The minimum atomic E-state index is 0.828. The van der Waals surface area contributed by atoms with E-state index in [1.807, 2.05) is 0 Å². The first-order chi connectivity index (χ1) is 8.31. The van der Waals surface area contributed by atoms with E-state index in [1.54, 1.807) is 0 Å². The Hall–Kier alpha value is -0.110. The molecule has 0 amide bonds. The van der Waals surface area contributed by atoms with Gasteiger partial charge in [-0.1, -0.05) is 65.2 Å². The first-order valence-electron chi connectivity index (χ1n) is 7.46. The molecular weight excluding hydrogens is 228 g/mol. The van der Waals surface area contributed by atoms with E-state index in [0.717, 1.165) is 18.1 Å². The van der Waals surface area contributed by atoms with Crippen LogP contribution in [0, 0.1) is 0 Å². The molecule has 0 aromatic carbocycles. The highest BCUT2D eigenvalue weighted by Crippen LogP contribution is 2.07. The maximum absolute atomic E-state index is 5.56. The van der Waals surface area contributed by atoms with Crippen LogP contribution in [0.2, 0.25) is 0 Å². The Kier molecular flexibility index (Phi) is 13.9. The molecular formula is C15H30OS. The highest BCUT2D eigenvalue weighted by atomic mass is 32.1.